The molecule has 1 aromatic rings. The van der Waals surface area contributed by atoms with Gasteiger partial charge in [0.2, 0.25) is 0 Å². The third kappa shape index (κ3) is 3.01. The lowest BCUT2D eigenvalue weighted by molar-refractivity contribution is -0.142. The van der Waals surface area contributed by atoms with Crippen LogP contribution in [0.4, 0.5) is 5.69 Å². The van der Waals surface area contributed by atoms with Crippen LogP contribution < -0.4 is 4.90 Å². The molecule has 0 saturated carbocycles. The molecule has 1 fully saturated rings. The van der Waals surface area contributed by atoms with Crippen molar-refractivity contribution in [3.63, 3.8) is 0 Å². The van der Waals surface area contributed by atoms with E-state index >= 15 is 0 Å². The van der Waals surface area contributed by atoms with E-state index in [9.17, 15) is 4.79 Å². The van der Waals surface area contributed by atoms with E-state index in [1.54, 1.807) is 0 Å². The number of carboxylic acids is 1. The van der Waals surface area contributed by atoms with Gasteiger partial charge in [0.25, 0.3) is 0 Å². The predicted molar refractivity (Wildman–Crippen MR) is 71.9 cm³/mol. The van der Waals surface area contributed by atoms with Crippen LogP contribution >= 0.6 is 0 Å². The monoisotopic (exact) mass is 248 g/mol. The lowest BCUT2D eigenvalue weighted by Crippen LogP contribution is -2.40. The number of likely N-dealkylation sites (N-methyl/N-ethyl adjacent to an activating group) is 1. The van der Waals surface area contributed by atoms with Gasteiger partial charge in [0.05, 0.1) is 0 Å². The topological polar surface area (TPSA) is 43.8 Å². The van der Waals surface area contributed by atoms with Crippen molar-refractivity contribution in [1.82, 2.24) is 4.90 Å². The Morgan fingerprint density at radius 2 is 2.17 bits per heavy atom. The average molecular weight is 248 g/mol. The lowest BCUT2D eigenvalue weighted by Gasteiger charge is -2.25. The number of likely N-dealkylation sites (tertiary alicyclic amines) is 1. The van der Waals surface area contributed by atoms with Gasteiger partial charge in [-0.2, -0.15) is 0 Å². The van der Waals surface area contributed by atoms with Gasteiger partial charge in [0.15, 0.2) is 0 Å². The van der Waals surface area contributed by atoms with E-state index in [2.05, 4.69) is 21.9 Å². The Bertz CT molecular complexity index is 394. The van der Waals surface area contributed by atoms with Crippen LogP contribution in [0.25, 0.3) is 0 Å². The SMILES string of the molecule is CN(CCN1CCCC1C(=O)O)c1ccccc1. The van der Waals surface area contributed by atoms with Gasteiger partial charge < -0.3 is 10.0 Å². The largest absolute Gasteiger partial charge is 0.480 e. The van der Waals surface area contributed by atoms with Gasteiger partial charge in [-0.25, -0.2) is 0 Å². The Morgan fingerprint density at radius 3 is 2.83 bits per heavy atom. The molecule has 1 atom stereocenters. The van der Waals surface area contributed by atoms with Crippen LogP contribution in [-0.4, -0.2) is 48.7 Å². The van der Waals surface area contributed by atoms with E-state index in [1.165, 1.54) is 5.69 Å². The van der Waals surface area contributed by atoms with E-state index in [0.29, 0.717) is 0 Å². The summed E-state index contributed by atoms with van der Waals surface area (Å²) >= 11 is 0. The summed E-state index contributed by atoms with van der Waals surface area (Å²) in [5.74, 6) is -0.685. The summed E-state index contributed by atoms with van der Waals surface area (Å²) in [6, 6.07) is 9.88. The summed E-state index contributed by atoms with van der Waals surface area (Å²) in [7, 11) is 2.04. The summed E-state index contributed by atoms with van der Waals surface area (Å²) < 4.78 is 0. The molecule has 1 saturated heterocycles. The fourth-order valence-electron chi connectivity index (χ4n) is 2.46. The van der Waals surface area contributed by atoms with Crippen molar-refractivity contribution in [3.8, 4) is 0 Å². The fourth-order valence-corrected chi connectivity index (χ4v) is 2.46. The summed E-state index contributed by atoms with van der Waals surface area (Å²) in [6.07, 6.45) is 1.77. The standard InChI is InChI=1S/C14H20N2O2/c1-15(12-6-3-2-4-7-12)10-11-16-9-5-8-13(16)14(17)18/h2-4,6-7,13H,5,8-11H2,1H3,(H,17,18). The number of nitrogens with zero attached hydrogens (tertiary/aromatic N) is 2. The molecule has 0 aromatic heterocycles. The lowest BCUT2D eigenvalue weighted by atomic mass is 10.2. The van der Waals surface area contributed by atoms with Crippen LogP contribution in [0, 0.1) is 0 Å². The molecule has 0 radical (unpaired) electrons. The van der Waals surface area contributed by atoms with Crippen LogP contribution in [0.1, 0.15) is 12.8 Å². The highest BCUT2D eigenvalue weighted by Crippen LogP contribution is 2.17. The van der Waals surface area contributed by atoms with E-state index in [1.807, 2.05) is 25.2 Å². The number of carbonyl (C=O) groups is 1. The maximum absolute atomic E-state index is 11.1. The number of aliphatic carboxylic acids is 1. The molecule has 4 heteroatoms. The molecule has 2 rings (SSSR count). The van der Waals surface area contributed by atoms with Crippen LogP contribution in [0.15, 0.2) is 30.3 Å². The zero-order chi connectivity index (χ0) is 13.0. The van der Waals surface area contributed by atoms with Crippen LogP contribution in [0.3, 0.4) is 0 Å². The fraction of sp³-hybridized carbons (Fsp3) is 0.500. The summed E-state index contributed by atoms with van der Waals surface area (Å²) in [5, 5.41) is 9.11. The van der Waals surface area contributed by atoms with E-state index in [-0.39, 0.29) is 6.04 Å². The molecule has 1 unspecified atom stereocenters. The van der Waals surface area contributed by atoms with Gasteiger partial charge in [-0.1, -0.05) is 18.2 Å². The quantitative estimate of drug-likeness (QED) is 0.861. The van der Waals surface area contributed by atoms with Crippen molar-refractivity contribution in [3.05, 3.63) is 30.3 Å². The predicted octanol–water partition coefficient (Wildman–Crippen LogP) is 1.67. The molecule has 1 aromatic carbocycles. The van der Waals surface area contributed by atoms with E-state index in [4.69, 9.17) is 5.11 Å². The highest BCUT2D eigenvalue weighted by Gasteiger charge is 2.29. The smallest absolute Gasteiger partial charge is 0.320 e. The maximum Gasteiger partial charge on any atom is 0.320 e. The van der Waals surface area contributed by atoms with Gasteiger partial charge in [-0.15, -0.1) is 0 Å². The van der Waals surface area contributed by atoms with Gasteiger partial charge in [-0.3, -0.25) is 9.69 Å². The molecular weight excluding hydrogens is 228 g/mol. The molecule has 98 valence electrons. The minimum atomic E-state index is -0.685. The highest BCUT2D eigenvalue weighted by molar-refractivity contribution is 5.73. The van der Waals surface area contributed by atoms with Crippen molar-refractivity contribution >= 4 is 11.7 Å². The first-order valence-corrected chi connectivity index (χ1v) is 6.41. The average Bonchev–Trinajstić information content (AvgIpc) is 2.85. The first-order chi connectivity index (χ1) is 8.68. The number of carboxylic acid groups (broad SMARTS) is 1. The molecule has 1 N–H and O–H groups in total. The normalized spacial score (nSPS) is 19.9. The molecule has 1 aliphatic rings. The number of benzene rings is 1. The highest BCUT2D eigenvalue weighted by atomic mass is 16.4. The summed E-state index contributed by atoms with van der Waals surface area (Å²) in [4.78, 5) is 15.3. The third-order valence-electron chi connectivity index (χ3n) is 3.57. The second kappa shape index (κ2) is 5.87. The second-order valence-corrected chi connectivity index (χ2v) is 4.79. The summed E-state index contributed by atoms with van der Waals surface area (Å²) in [6.45, 7) is 2.57. The number of rotatable bonds is 5. The molecular formula is C14H20N2O2. The Kier molecular flexibility index (Phi) is 4.20. The summed E-state index contributed by atoms with van der Waals surface area (Å²) in [5.41, 5.74) is 1.17. The van der Waals surface area contributed by atoms with Gasteiger partial charge >= 0.3 is 5.97 Å². The Balaban J connectivity index is 1.86. The zero-order valence-electron chi connectivity index (χ0n) is 10.7. The second-order valence-electron chi connectivity index (χ2n) is 4.79. The first-order valence-electron chi connectivity index (χ1n) is 6.41. The van der Waals surface area contributed by atoms with Crippen LogP contribution in [0.5, 0.6) is 0 Å². The van der Waals surface area contributed by atoms with E-state index in [0.717, 1.165) is 32.5 Å². The number of hydrogen-bond acceptors (Lipinski definition) is 3. The maximum atomic E-state index is 11.1. The minimum Gasteiger partial charge on any atom is -0.480 e. The molecule has 18 heavy (non-hydrogen) atoms. The Hall–Kier alpha value is -1.55. The van der Waals surface area contributed by atoms with Crippen molar-refractivity contribution in [2.75, 3.05) is 31.6 Å². The van der Waals surface area contributed by atoms with Crippen molar-refractivity contribution < 1.29 is 9.90 Å². The molecule has 0 spiro atoms. The first kappa shape index (κ1) is 12.9. The van der Waals surface area contributed by atoms with Crippen LogP contribution in [-0.2, 0) is 4.79 Å². The third-order valence-corrected chi connectivity index (χ3v) is 3.57. The van der Waals surface area contributed by atoms with E-state index < -0.39 is 5.97 Å². The molecule has 4 nitrogen and oxygen atoms in total. The van der Waals surface area contributed by atoms with Gasteiger partial charge in [0, 0.05) is 25.8 Å². The molecule has 1 heterocycles. The molecule has 0 aliphatic carbocycles. The van der Waals surface area contributed by atoms with Gasteiger partial charge in [0.1, 0.15) is 6.04 Å². The van der Waals surface area contributed by atoms with Crippen molar-refractivity contribution in [2.45, 2.75) is 18.9 Å². The van der Waals surface area contributed by atoms with Gasteiger partial charge in [-0.05, 0) is 31.5 Å². The minimum absolute atomic E-state index is 0.283. The number of hydrogen-bond donors (Lipinski definition) is 1. The zero-order valence-corrected chi connectivity index (χ0v) is 10.7. The molecule has 0 bridgehead atoms. The van der Waals surface area contributed by atoms with Crippen LogP contribution in [0.2, 0.25) is 0 Å². The molecule has 0 amide bonds. The van der Waals surface area contributed by atoms with Crippen molar-refractivity contribution in [2.24, 2.45) is 0 Å². The molecule has 1 aliphatic heterocycles. The Labute approximate surface area is 108 Å². The number of anilines is 1. The number of para-hydroxylation sites is 1. The van der Waals surface area contributed by atoms with Crippen molar-refractivity contribution in [1.29, 1.82) is 0 Å². The Morgan fingerprint density at radius 1 is 1.44 bits per heavy atom.